The maximum Gasteiger partial charge on any atom is 0.0841 e. The molecule has 0 aromatic heterocycles. The molecule has 0 saturated carbocycles. The lowest BCUT2D eigenvalue weighted by Gasteiger charge is -2.24. The highest BCUT2D eigenvalue weighted by atomic mass is 16.5. The number of ether oxygens (including phenoxy) is 1. The number of rotatable bonds is 5. The van der Waals surface area contributed by atoms with Crippen molar-refractivity contribution < 1.29 is 4.74 Å². The molecular formula is C8H16N2O. The van der Waals surface area contributed by atoms with Crippen LogP contribution in [0.5, 0.6) is 0 Å². The molecular weight excluding hydrogens is 140 g/mol. The summed E-state index contributed by atoms with van der Waals surface area (Å²) < 4.78 is 5.40. The summed E-state index contributed by atoms with van der Waals surface area (Å²) in [6, 6.07) is 2.02. The van der Waals surface area contributed by atoms with Gasteiger partial charge in [-0.05, 0) is 20.8 Å². The fourth-order valence-corrected chi connectivity index (χ4v) is 0.861. The zero-order valence-corrected chi connectivity index (χ0v) is 7.48. The molecule has 3 heteroatoms. The Kier molecular flexibility index (Phi) is 4.84. The molecule has 0 aliphatic rings. The van der Waals surface area contributed by atoms with Gasteiger partial charge in [0, 0.05) is 13.2 Å². The van der Waals surface area contributed by atoms with Crippen LogP contribution in [0.15, 0.2) is 0 Å². The number of nitrogens with zero attached hydrogens (tertiary/aromatic N) is 1. The molecule has 1 N–H and O–H groups in total. The van der Waals surface area contributed by atoms with Crippen LogP contribution in [0, 0.1) is 11.3 Å². The molecule has 0 aliphatic carbocycles. The van der Waals surface area contributed by atoms with Gasteiger partial charge in [0.25, 0.3) is 0 Å². The summed E-state index contributed by atoms with van der Waals surface area (Å²) in [4.78, 5) is 0. The first-order valence-electron chi connectivity index (χ1n) is 3.84. The Morgan fingerprint density at radius 2 is 2.18 bits per heavy atom. The van der Waals surface area contributed by atoms with E-state index in [2.05, 4.69) is 5.32 Å². The number of hydrogen-bond acceptors (Lipinski definition) is 3. The third-order valence-corrected chi connectivity index (χ3v) is 1.29. The smallest absolute Gasteiger partial charge is 0.0841 e. The van der Waals surface area contributed by atoms with Crippen LogP contribution in [0.1, 0.15) is 20.8 Å². The van der Waals surface area contributed by atoms with Crippen LogP contribution in [0.25, 0.3) is 0 Å². The van der Waals surface area contributed by atoms with Gasteiger partial charge < -0.3 is 10.1 Å². The molecule has 3 nitrogen and oxygen atoms in total. The first-order valence-corrected chi connectivity index (χ1v) is 3.84. The van der Waals surface area contributed by atoms with E-state index in [1.165, 1.54) is 0 Å². The molecule has 0 aliphatic heterocycles. The van der Waals surface area contributed by atoms with Crippen molar-refractivity contribution in [3.05, 3.63) is 0 Å². The molecule has 0 amide bonds. The van der Waals surface area contributed by atoms with Gasteiger partial charge >= 0.3 is 0 Å². The average Bonchev–Trinajstić information content (AvgIpc) is 1.87. The lowest BCUT2D eigenvalue weighted by Crippen LogP contribution is -2.37. The molecule has 0 aromatic rings. The normalized spacial score (nSPS) is 11.1. The Labute approximate surface area is 68.3 Å². The van der Waals surface area contributed by atoms with Crippen molar-refractivity contribution in [2.75, 3.05) is 19.7 Å². The molecule has 0 spiro atoms. The highest BCUT2D eigenvalue weighted by Gasteiger charge is 2.15. The van der Waals surface area contributed by atoms with E-state index < -0.39 is 0 Å². The molecule has 0 radical (unpaired) electrons. The van der Waals surface area contributed by atoms with Crippen molar-refractivity contribution in [1.29, 1.82) is 5.26 Å². The Morgan fingerprint density at radius 3 is 2.64 bits per heavy atom. The summed E-state index contributed by atoms with van der Waals surface area (Å²) in [6.07, 6.45) is 0. The largest absolute Gasteiger partial charge is 0.375 e. The maximum atomic E-state index is 8.24. The van der Waals surface area contributed by atoms with Gasteiger partial charge in [0.1, 0.15) is 0 Å². The molecule has 0 bridgehead atoms. The van der Waals surface area contributed by atoms with Crippen molar-refractivity contribution in [3.8, 4) is 6.07 Å². The van der Waals surface area contributed by atoms with Crippen LogP contribution >= 0.6 is 0 Å². The lowest BCUT2D eigenvalue weighted by atomic mass is 10.1. The summed E-state index contributed by atoms with van der Waals surface area (Å²) >= 11 is 0. The van der Waals surface area contributed by atoms with Crippen molar-refractivity contribution >= 4 is 0 Å². The standard InChI is InChI=1S/C8H16N2O/c1-4-11-8(2,3)7-10-6-5-9/h10H,4,6-7H2,1-3H3. The van der Waals surface area contributed by atoms with E-state index >= 15 is 0 Å². The van der Waals surface area contributed by atoms with Gasteiger partial charge in [0.2, 0.25) is 0 Å². The zero-order valence-electron chi connectivity index (χ0n) is 7.48. The van der Waals surface area contributed by atoms with Crippen molar-refractivity contribution in [1.82, 2.24) is 5.32 Å². The van der Waals surface area contributed by atoms with E-state index in [0.29, 0.717) is 19.7 Å². The summed E-state index contributed by atoms with van der Waals surface area (Å²) in [7, 11) is 0. The SMILES string of the molecule is CCOC(C)(C)CNCC#N. The van der Waals surface area contributed by atoms with E-state index in [9.17, 15) is 0 Å². The molecule has 0 saturated heterocycles. The second-order valence-corrected chi connectivity index (χ2v) is 2.95. The van der Waals surface area contributed by atoms with Gasteiger partial charge in [-0.1, -0.05) is 0 Å². The van der Waals surface area contributed by atoms with E-state index in [4.69, 9.17) is 10.00 Å². The fraction of sp³-hybridized carbons (Fsp3) is 0.875. The summed E-state index contributed by atoms with van der Waals surface area (Å²) in [5.41, 5.74) is -0.161. The van der Waals surface area contributed by atoms with Crippen molar-refractivity contribution in [3.63, 3.8) is 0 Å². The third-order valence-electron chi connectivity index (χ3n) is 1.29. The monoisotopic (exact) mass is 156 g/mol. The Balaban J connectivity index is 3.48. The average molecular weight is 156 g/mol. The van der Waals surface area contributed by atoms with Gasteiger partial charge in [0.15, 0.2) is 0 Å². The minimum atomic E-state index is -0.161. The molecule has 0 unspecified atom stereocenters. The number of nitrogens with one attached hydrogen (secondary N) is 1. The zero-order chi connectivity index (χ0) is 8.74. The summed E-state index contributed by atoms with van der Waals surface area (Å²) in [5, 5.41) is 11.2. The topological polar surface area (TPSA) is 45.0 Å². The Bertz CT molecular complexity index is 138. The molecule has 0 aromatic carbocycles. The second-order valence-electron chi connectivity index (χ2n) is 2.95. The van der Waals surface area contributed by atoms with Crippen LogP contribution in [0.3, 0.4) is 0 Å². The van der Waals surface area contributed by atoms with E-state index in [-0.39, 0.29) is 5.60 Å². The molecule has 64 valence electrons. The first kappa shape index (κ1) is 10.4. The summed E-state index contributed by atoms with van der Waals surface area (Å²) in [6.45, 7) is 7.78. The molecule has 0 rings (SSSR count). The first-order chi connectivity index (χ1) is 5.12. The molecule has 0 heterocycles. The highest BCUT2D eigenvalue weighted by Crippen LogP contribution is 2.05. The Hall–Kier alpha value is -0.590. The fourth-order valence-electron chi connectivity index (χ4n) is 0.861. The molecule has 11 heavy (non-hydrogen) atoms. The third kappa shape index (κ3) is 5.84. The van der Waals surface area contributed by atoms with Crippen LogP contribution in [-0.2, 0) is 4.74 Å². The predicted octanol–water partition coefficient (Wildman–Crippen LogP) is 0.915. The van der Waals surface area contributed by atoms with E-state index in [1.807, 2.05) is 26.8 Å². The lowest BCUT2D eigenvalue weighted by molar-refractivity contribution is -0.00804. The summed E-state index contributed by atoms with van der Waals surface area (Å²) in [5.74, 6) is 0. The molecule has 0 atom stereocenters. The minimum Gasteiger partial charge on any atom is -0.375 e. The number of nitriles is 1. The van der Waals surface area contributed by atoms with Gasteiger partial charge in [-0.2, -0.15) is 5.26 Å². The van der Waals surface area contributed by atoms with Crippen LogP contribution < -0.4 is 5.32 Å². The van der Waals surface area contributed by atoms with Gasteiger partial charge in [-0.3, -0.25) is 0 Å². The van der Waals surface area contributed by atoms with Crippen molar-refractivity contribution in [2.45, 2.75) is 26.4 Å². The van der Waals surface area contributed by atoms with Crippen LogP contribution in [-0.4, -0.2) is 25.3 Å². The minimum absolute atomic E-state index is 0.161. The maximum absolute atomic E-state index is 8.24. The van der Waals surface area contributed by atoms with Crippen LogP contribution in [0.4, 0.5) is 0 Å². The number of hydrogen-bond donors (Lipinski definition) is 1. The quantitative estimate of drug-likeness (QED) is 0.475. The Morgan fingerprint density at radius 1 is 1.55 bits per heavy atom. The van der Waals surface area contributed by atoms with Gasteiger partial charge in [0.05, 0.1) is 18.2 Å². The van der Waals surface area contributed by atoms with Gasteiger partial charge in [-0.15, -0.1) is 0 Å². The van der Waals surface area contributed by atoms with Gasteiger partial charge in [-0.25, -0.2) is 0 Å². The highest BCUT2D eigenvalue weighted by molar-refractivity contribution is 4.78. The van der Waals surface area contributed by atoms with E-state index in [0.717, 1.165) is 0 Å². The molecule has 0 fully saturated rings. The predicted molar refractivity (Wildman–Crippen MR) is 44.2 cm³/mol. The van der Waals surface area contributed by atoms with E-state index in [1.54, 1.807) is 0 Å². The van der Waals surface area contributed by atoms with Crippen molar-refractivity contribution in [2.24, 2.45) is 0 Å². The van der Waals surface area contributed by atoms with Crippen LogP contribution in [0.2, 0.25) is 0 Å². The second kappa shape index (κ2) is 5.11.